The molecule has 134 valence electrons. The van der Waals surface area contributed by atoms with Gasteiger partial charge in [0.1, 0.15) is 0 Å². The first-order valence-corrected chi connectivity index (χ1v) is 7.45. The smallest absolute Gasteiger partial charge is 0.0319 e. The minimum Gasteiger partial charge on any atom is -0.400 e. The van der Waals surface area contributed by atoms with Crippen LogP contribution in [0.1, 0.15) is 0 Å². The van der Waals surface area contributed by atoms with Gasteiger partial charge in [-0.05, 0) is 24.9 Å². The van der Waals surface area contributed by atoms with Crippen molar-refractivity contribution >= 4 is 10.8 Å². The molecule has 0 radical (unpaired) electrons. The minimum absolute atomic E-state index is 1.00. The first-order chi connectivity index (χ1) is 12.0. The molecule has 0 saturated heterocycles. The molecule has 3 rings (SSSR count). The number of fused-ring (bicyclic) bond motifs is 1. The van der Waals surface area contributed by atoms with Crippen LogP contribution < -0.4 is 11.5 Å². The molecule has 0 saturated carbocycles. The Hall–Kier alpha value is -2.24. The molecule has 4 heteroatoms. The second-order valence-corrected chi connectivity index (χ2v) is 3.50. The van der Waals surface area contributed by atoms with Gasteiger partial charge < -0.3 is 21.7 Å². The fourth-order valence-corrected chi connectivity index (χ4v) is 1.52. The molecule has 0 spiro atoms. The van der Waals surface area contributed by atoms with Gasteiger partial charge in [0.25, 0.3) is 0 Å². The zero-order valence-electron chi connectivity index (χ0n) is 15.1. The van der Waals surface area contributed by atoms with E-state index in [1.165, 1.54) is 24.9 Å². The molecule has 0 bridgehead atoms. The largest absolute Gasteiger partial charge is 0.400 e. The fraction of sp³-hybridized carbons (Fsp3) is 0.200. The Balaban J connectivity index is -0.000000273. The molecule has 3 aromatic rings. The van der Waals surface area contributed by atoms with Crippen LogP contribution in [-0.2, 0) is 0 Å². The molecule has 0 heterocycles. The van der Waals surface area contributed by atoms with Crippen molar-refractivity contribution in [2.24, 2.45) is 11.5 Å². The molecule has 0 atom stereocenters. The van der Waals surface area contributed by atoms with E-state index in [9.17, 15) is 0 Å². The van der Waals surface area contributed by atoms with Crippen molar-refractivity contribution in [1.29, 1.82) is 0 Å². The van der Waals surface area contributed by atoms with Crippen molar-refractivity contribution in [3.05, 3.63) is 84.9 Å². The third kappa shape index (κ3) is 14.7. The Morgan fingerprint density at radius 1 is 0.417 bits per heavy atom. The first-order valence-electron chi connectivity index (χ1n) is 7.45. The van der Waals surface area contributed by atoms with Crippen LogP contribution in [0.15, 0.2) is 84.9 Å². The van der Waals surface area contributed by atoms with Crippen LogP contribution in [0.3, 0.4) is 0 Å². The molecule has 24 heavy (non-hydrogen) atoms. The van der Waals surface area contributed by atoms with E-state index in [2.05, 4.69) is 60.0 Å². The van der Waals surface area contributed by atoms with Crippen molar-refractivity contribution < 1.29 is 10.2 Å². The Kier molecular flexibility index (Phi) is 28.5. The molecule has 0 aliphatic heterocycles. The van der Waals surface area contributed by atoms with Gasteiger partial charge in [-0.1, -0.05) is 84.9 Å². The van der Waals surface area contributed by atoms with Gasteiger partial charge in [-0.2, -0.15) is 0 Å². The molecule has 6 N–H and O–H groups in total. The topological polar surface area (TPSA) is 92.5 Å². The lowest BCUT2D eigenvalue weighted by molar-refractivity contribution is 0.399. The highest BCUT2D eigenvalue weighted by Crippen LogP contribution is 2.11. The van der Waals surface area contributed by atoms with Crippen molar-refractivity contribution in [3.63, 3.8) is 0 Å². The van der Waals surface area contributed by atoms with Gasteiger partial charge in [0, 0.05) is 14.2 Å². The molecule has 0 aliphatic carbocycles. The highest BCUT2D eigenvalue weighted by atomic mass is 16.2. The Bertz CT molecular complexity index is 454. The average Bonchev–Trinajstić information content (AvgIpc) is 2.76. The first kappa shape index (κ1) is 26.6. The van der Waals surface area contributed by atoms with Crippen LogP contribution in [0.5, 0.6) is 0 Å². The minimum atomic E-state index is 1.00. The van der Waals surface area contributed by atoms with Crippen LogP contribution in [0, 0.1) is 0 Å². The summed E-state index contributed by atoms with van der Waals surface area (Å²) in [6, 6.07) is 28.7. The lowest BCUT2D eigenvalue weighted by Crippen LogP contribution is -1.69. The summed E-state index contributed by atoms with van der Waals surface area (Å²) in [5, 5.41) is 16.6. The van der Waals surface area contributed by atoms with Crippen LogP contribution in [0.2, 0.25) is 0 Å². The van der Waals surface area contributed by atoms with Crippen molar-refractivity contribution in [2.45, 2.75) is 0 Å². The monoisotopic (exact) mass is 332 g/mol. The predicted octanol–water partition coefficient (Wildman–Crippen LogP) is 2.89. The molecule has 4 nitrogen and oxygen atoms in total. The summed E-state index contributed by atoms with van der Waals surface area (Å²) >= 11 is 0. The van der Waals surface area contributed by atoms with E-state index in [4.69, 9.17) is 10.2 Å². The molecule has 0 amide bonds. The van der Waals surface area contributed by atoms with Crippen LogP contribution >= 0.6 is 0 Å². The number of aliphatic hydroxyl groups excluding tert-OH is 2. The van der Waals surface area contributed by atoms with E-state index in [1.807, 2.05) is 36.4 Å². The van der Waals surface area contributed by atoms with E-state index in [-0.39, 0.29) is 0 Å². The van der Waals surface area contributed by atoms with Gasteiger partial charge in [0.15, 0.2) is 0 Å². The Morgan fingerprint density at radius 2 is 0.583 bits per heavy atom. The molecule has 0 aromatic heterocycles. The van der Waals surface area contributed by atoms with Crippen molar-refractivity contribution in [2.75, 3.05) is 28.3 Å². The Morgan fingerprint density at radius 3 is 0.750 bits per heavy atom. The van der Waals surface area contributed by atoms with E-state index in [0.29, 0.717) is 0 Å². The van der Waals surface area contributed by atoms with Gasteiger partial charge in [-0.15, -0.1) is 0 Å². The molecule has 0 unspecified atom stereocenters. The number of rotatable bonds is 0. The maximum atomic E-state index is 7.00. The van der Waals surface area contributed by atoms with Gasteiger partial charge in [0.2, 0.25) is 0 Å². The maximum absolute atomic E-state index is 7.00. The summed E-state index contributed by atoms with van der Waals surface area (Å²) in [5.74, 6) is 0. The van der Waals surface area contributed by atoms with Crippen molar-refractivity contribution in [1.82, 2.24) is 0 Å². The van der Waals surface area contributed by atoms with Crippen molar-refractivity contribution in [3.8, 4) is 0 Å². The second kappa shape index (κ2) is 25.7. The summed E-state index contributed by atoms with van der Waals surface area (Å²) in [7, 11) is 5.00. The molecule has 3 aromatic carbocycles. The molecule has 0 aliphatic rings. The fourth-order valence-electron chi connectivity index (χ4n) is 1.52. The maximum Gasteiger partial charge on any atom is 0.0319 e. The van der Waals surface area contributed by atoms with E-state index < -0.39 is 0 Å². The lowest BCUT2D eigenvalue weighted by atomic mass is 10.1. The van der Waals surface area contributed by atoms with Gasteiger partial charge >= 0.3 is 0 Å². The summed E-state index contributed by atoms with van der Waals surface area (Å²) in [5.41, 5.74) is 9.00. The predicted molar refractivity (Wildman–Crippen MR) is 107 cm³/mol. The van der Waals surface area contributed by atoms with Gasteiger partial charge in [-0.25, -0.2) is 0 Å². The average molecular weight is 332 g/mol. The third-order valence-corrected chi connectivity index (χ3v) is 2.33. The number of nitrogens with two attached hydrogens (primary N) is 2. The van der Waals surface area contributed by atoms with E-state index in [1.54, 1.807) is 0 Å². The highest BCUT2D eigenvalue weighted by Gasteiger charge is 1.85. The number of hydrogen-bond acceptors (Lipinski definition) is 4. The second-order valence-electron chi connectivity index (χ2n) is 3.50. The summed E-state index contributed by atoms with van der Waals surface area (Å²) < 4.78 is 0. The normalized spacial score (nSPS) is 7.17. The zero-order valence-corrected chi connectivity index (χ0v) is 15.1. The van der Waals surface area contributed by atoms with Crippen LogP contribution in [0.25, 0.3) is 10.8 Å². The lowest BCUT2D eigenvalue weighted by Gasteiger charge is -1.92. The van der Waals surface area contributed by atoms with E-state index in [0.717, 1.165) is 14.2 Å². The Labute approximate surface area is 146 Å². The van der Waals surface area contributed by atoms with Gasteiger partial charge in [-0.3, -0.25) is 0 Å². The summed E-state index contributed by atoms with van der Waals surface area (Å²) in [4.78, 5) is 0. The standard InChI is InChI=1S/C10H8.C6H6.2CH5N.2CH4O/c1-2-6-10-8-4-3-7-9(10)5-1;1-2-4-6-5-3-1;4*1-2/h1-8H;1-6H;2*2H2,1H3;2*2H,1H3. The molecular formula is C20H32N2O2. The molecule has 0 fully saturated rings. The SMILES string of the molecule is CN.CN.CO.CO.c1ccc2ccccc2c1.c1ccccc1. The summed E-state index contributed by atoms with van der Waals surface area (Å²) in [6.07, 6.45) is 0. The highest BCUT2D eigenvalue weighted by molar-refractivity contribution is 5.81. The number of benzene rings is 3. The van der Waals surface area contributed by atoms with Crippen LogP contribution in [0.4, 0.5) is 0 Å². The quantitative estimate of drug-likeness (QED) is 0.509. The number of aliphatic hydroxyl groups is 2. The third-order valence-electron chi connectivity index (χ3n) is 2.33. The molecular weight excluding hydrogens is 300 g/mol. The number of hydrogen-bond donors (Lipinski definition) is 4. The van der Waals surface area contributed by atoms with Crippen LogP contribution in [-0.4, -0.2) is 38.5 Å². The van der Waals surface area contributed by atoms with Gasteiger partial charge in [0.05, 0.1) is 0 Å². The van der Waals surface area contributed by atoms with E-state index >= 15 is 0 Å². The zero-order chi connectivity index (χ0) is 19.1. The summed E-state index contributed by atoms with van der Waals surface area (Å²) in [6.45, 7) is 0.